The summed E-state index contributed by atoms with van der Waals surface area (Å²) in [5, 5.41) is 0. The largest absolute Gasteiger partial charge is 0.481 e. The third-order valence-corrected chi connectivity index (χ3v) is 5.26. The van der Waals surface area contributed by atoms with Crippen LogP contribution in [0.4, 0.5) is 0 Å². The van der Waals surface area contributed by atoms with Gasteiger partial charge in [-0.1, -0.05) is 32.6 Å². The van der Waals surface area contributed by atoms with Gasteiger partial charge in [0, 0.05) is 29.5 Å². The molecule has 0 amide bonds. The van der Waals surface area contributed by atoms with E-state index in [-0.39, 0.29) is 16.8 Å². The number of hydrogen-bond donors (Lipinski definition) is 0. The number of methoxy groups -OCH3 is 1. The standard InChI is InChI=1S/C18H21NO3/c1-12-5-6-14-17(2,3)18(14,10-12)11-22-16(20)13-7-8-19-15(9-13)21-4/h7-9,12,14H,10-11H2,1-4H3. The predicted molar refractivity (Wildman–Crippen MR) is 82.3 cm³/mol. The normalized spacial score (nSPS) is 30.5. The van der Waals surface area contributed by atoms with E-state index in [1.807, 2.05) is 0 Å². The monoisotopic (exact) mass is 299 g/mol. The summed E-state index contributed by atoms with van der Waals surface area (Å²) >= 11 is 0. The molecule has 1 heterocycles. The minimum absolute atomic E-state index is 0.00441. The number of carbonyl (C=O) groups is 1. The van der Waals surface area contributed by atoms with E-state index < -0.39 is 0 Å². The van der Waals surface area contributed by atoms with Crippen molar-refractivity contribution in [2.24, 2.45) is 22.7 Å². The van der Waals surface area contributed by atoms with Gasteiger partial charge in [0.1, 0.15) is 0 Å². The van der Waals surface area contributed by atoms with Gasteiger partial charge in [-0.3, -0.25) is 0 Å². The van der Waals surface area contributed by atoms with Crippen LogP contribution in [0.5, 0.6) is 5.88 Å². The van der Waals surface area contributed by atoms with E-state index in [9.17, 15) is 4.79 Å². The molecule has 0 saturated heterocycles. The number of nitrogens with zero attached hydrogens (tertiary/aromatic N) is 1. The maximum atomic E-state index is 12.3. The molecule has 0 spiro atoms. The van der Waals surface area contributed by atoms with Crippen molar-refractivity contribution in [2.75, 3.05) is 13.7 Å². The molecule has 1 fully saturated rings. The zero-order valence-electron chi connectivity index (χ0n) is 13.5. The molecule has 3 unspecified atom stereocenters. The summed E-state index contributed by atoms with van der Waals surface area (Å²) in [4.78, 5) is 16.3. The molecular weight excluding hydrogens is 278 g/mol. The van der Waals surface area contributed by atoms with Gasteiger partial charge in [0.15, 0.2) is 0 Å². The van der Waals surface area contributed by atoms with Crippen molar-refractivity contribution < 1.29 is 14.3 Å². The summed E-state index contributed by atoms with van der Waals surface area (Å²) in [5.74, 6) is 7.39. The summed E-state index contributed by atoms with van der Waals surface area (Å²) in [7, 11) is 1.52. The maximum Gasteiger partial charge on any atom is 0.338 e. The molecule has 1 aromatic rings. The molecule has 116 valence electrons. The molecule has 1 aromatic heterocycles. The van der Waals surface area contributed by atoms with Crippen LogP contribution in [0.25, 0.3) is 0 Å². The quantitative estimate of drug-likeness (QED) is 0.633. The van der Waals surface area contributed by atoms with E-state index in [2.05, 4.69) is 37.6 Å². The third-order valence-electron chi connectivity index (χ3n) is 5.26. The van der Waals surface area contributed by atoms with Gasteiger partial charge in [0.2, 0.25) is 5.88 Å². The van der Waals surface area contributed by atoms with Crippen LogP contribution in [0.2, 0.25) is 0 Å². The van der Waals surface area contributed by atoms with Crippen LogP contribution in [0.3, 0.4) is 0 Å². The Kier molecular flexibility index (Phi) is 3.40. The van der Waals surface area contributed by atoms with E-state index in [0.29, 0.717) is 29.9 Å². The van der Waals surface area contributed by atoms with Gasteiger partial charge in [-0.25, -0.2) is 9.78 Å². The smallest absolute Gasteiger partial charge is 0.338 e. The van der Waals surface area contributed by atoms with Crippen molar-refractivity contribution >= 4 is 5.97 Å². The number of fused-ring (bicyclic) bond motifs is 1. The number of ether oxygens (including phenoxy) is 2. The molecule has 0 radical (unpaired) electrons. The molecule has 3 rings (SSSR count). The predicted octanol–water partition coefficient (Wildman–Crippen LogP) is 2.93. The highest BCUT2D eigenvalue weighted by molar-refractivity contribution is 5.89. The van der Waals surface area contributed by atoms with Crippen LogP contribution in [0.15, 0.2) is 18.3 Å². The van der Waals surface area contributed by atoms with Crippen molar-refractivity contribution in [2.45, 2.75) is 27.2 Å². The summed E-state index contributed by atoms with van der Waals surface area (Å²) in [5.41, 5.74) is 0.582. The number of aromatic nitrogens is 1. The van der Waals surface area contributed by atoms with Gasteiger partial charge in [-0.15, -0.1) is 0 Å². The first-order chi connectivity index (χ1) is 10.4. The lowest BCUT2D eigenvalue weighted by Crippen LogP contribution is -2.23. The summed E-state index contributed by atoms with van der Waals surface area (Å²) < 4.78 is 10.6. The summed E-state index contributed by atoms with van der Waals surface area (Å²) in [6, 6.07) is 3.24. The van der Waals surface area contributed by atoms with Gasteiger partial charge >= 0.3 is 5.97 Å². The zero-order valence-corrected chi connectivity index (χ0v) is 13.5. The third kappa shape index (κ3) is 2.16. The van der Waals surface area contributed by atoms with Crippen LogP contribution >= 0.6 is 0 Å². The van der Waals surface area contributed by atoms with Gasteiger partial charge < -0.3 is 9.47 Å². The number of esters is 1. The lowest BCUT2D eigenvalue weighted by atomic mass is 9.85. The Hall–Kier alpha value is -2.02. The topological polar surface area (TPSA) is 48.4 Å². The summed E-state index contributed by atoms with van der Waals surface area (Å²) in [6.45, 7) is 6.99. The number of carbonyl (C=O) groups excluding carboxylic acids is 1. The number of rotatable bonds is 4. The van der Waals surface area contributed by atoms with E-state index >= 15 is 0 Å². The van der Waals surface area contributed by atoms with Crippen LogP contribution in [0, 0.1) is 34.5 Å². The lowest BCUT2D eigenvalue weighted by molar-refractivity contribution is 0.0352. The molecule has 0 aliphatic heterocycles. The first-order valence-corrected chi connectivity index (χ1v) is 7.59. The van der Waals surface area contributed by atoms with Crippen LogP contribution in [-0.2, 0) is 4.74 Å². The van der Waals surface area contributed by atoms with Crippen molar-refractivity contribution in [1.82, 2.24) is 4.98 Å². The minimum atomic E-state index is -0.331. The Labute approximate surface area is 131 Å². The average Bonchev–Trinajstić information content (AvgIpc) is 3.00. The van der Waals surface area contributed by atoms with Crippen LogP contribution in [0.1, 0.15) is 37.6 Å². The van der Waals surface area contributed by atoms with Crippen molar-refractivity contribution in [1.29, 1.82) is 0 Å². The van der Waals surface area contributed by atoms with Crippen molar-refractivity contribution in [3.05, 3.63) is 23.9 Å². The SMILES string of the molecule is COc1cc(C(=O)OCC23CC(C)C#CC2C3(C)C)ccn1. The molecule has 0 bridgehead atoms. The molecule has 4 heteroatoms. The highest BCUT2D eigenvalue weighted by Crippen LogP contribution is 2.72. The second kappa shape index (κ2) is 5.01. The molecule has 1 saturated carbocycles. The lowest BCUT2D eigenvalue weighted by Gasteiger charge is -2.23. The van der Waals surface area contributed by atoms with E-state index in [4.69, 9.17) is 9.47 Å². The fraction of sp³-hybridized carbons (Fsp3) is 0.556. The van der Waals surface area contributed by atoms with Gasteiger partial charge in [0.25, 0.3) is 0 Å². The van der Waals surface area contributed by atoms with E-state index in [1.54, 1.807) is 18.3 Å². The van der Waals surface area contributed by atoms with Crippen LogP contribution in [-0.4, -0.2) is 24.7 Å². The molecule has 0 N–H and O–H groups in total. The maximum absolute atomic E-state index is 12.3. The average molecular weight is 299 g/mol. The number of pyridine rings is 1. The fourth-order valence-electron chi connectivity index (χ4n) is 3.72. The second-order valence-electron chi connectivity index (χ2n) is 6.87. The first-order valence-electron chi connectivity index (χ1n) is 7.59. The van der Waals surface area contributed by atoms with E-state index in [0.717, 1.165) is 6.42 Å². The Morgan fingerprint density at radius 2 is 2.23 bits per heavy atom. The highest BCUT2D eigenvalue weighted by Gasteiger charge is 2.71. The first kappa shape index (κ1) is 14.9. The molecule has 4 nitrogen and oxygen atoms in total. The van der Waals surface area contributed by atoms with Gasteiger partial charge in [0.05, 0.1) is 19.3 Å². The zero-order chi connectivity index (χ0) is 16.0. The van der Waals surface area contributed by atoms with Crippen molar-refractivity contribution in [3.8, 4) is 17.7 Å². The Balaban J connectivity index is 1.70. The molecule has 2 aliphatic rings. The molecule has 0 aromatic carbocycles. The second-order valence-corrected chi connectivity index (χ2v) is 6.87. The van der Waals surface area contributed by atoms with Gasteiger partial charge in [-0.2, -0.15) is 0 Å². The Morgan fingerprint density at radius 1 is 1.45 bits per heavy atom. The van der Waals surface area contributed by atoms with E-state index in [1.165, 1.54) is 7.11 Å². The van der Waals surface area contributed by atoms with Crippen molar-refractivity contribution in [3.63, 3.8) is 0 Å². The summed E-state index contributed by atoms with van der Waals surface area (Å²) in [6.07, 6.45) is 2.54. The molecule has 2 aliphatic carbocycles. The minimum Gasteiger partial charge on any atom is -0.481 e. The highest BCUT2D eigenvalue weighted by atomic mass is 16.5. The van der Waals surface area contributed by atoms with Gasteiger partial charge in [-0.05, 0) is 17.9 Å². The molecule has 22 heavy (non-hydrogen) atoms. The van der Waals surface area contributed by atoms with Crippen LogP contribution < -0.4 is 4.74 Å². The number of hydrogen-bond acceptors (Lipinski definition) is 4. The Bertz CT molecular complexity index is 670. The Morgan fingerprint density at radius 3 is 2.95 bits per heavy atom. The fourth-order valence-corrected chi connectivity index (χ4v) is 3.72. The molecule has 3 atom stereocenters. The molecular formula is C18H21NO3.